The highest BCUT2D eigenvalue weighted by Crippen LogP contribution is 2.45. The summed E-state index contributed by atoms with van der Waals surface area (Å²) in [6.45, 7) is 0. The van der Waals surface area contributed by atoms with Gasteiger partial charge in [0.1, 0.15) is 11.9 Å². The quantitative estimate of drug-likeness (QED) is 0.491. The van der Waals surface area contributed by atoms with Crippen molar-refractivity contribution in [3.8, 4) is 0 Å². The second-order valence-corrected chi connectivity index (χ2v) is 4.58. The SMILES string of the molecule is O=[SH](=O)NC1c2c(F)c(F)cc(F)c2CC1(F)F. The summed E-state index contributed by atoms with van der Waals surface area (Å²) in [5.41, 5.74) is -1.69. The van der Waals surface area contributed by atoms with Crippen molar-refractivity contribution in [3.05, 3.63) is 34.6 Å². The number of hydrogen-bond donors (Lipinski definition) is 2. The number of nitrogens with one attached hydrogen (secondary N) is 1. The number of halogens is 5. The highest BCUT2D eigenvalue weighted by Gasteiger charge is 2.51. The molecule has 1 atom stereocenters. The molecule has 9 heteroatoms. The van der Waals surface area contributed by atoms with Crippen molar-refractivity contribution >= 4 is 10.9 Å². The fourth-order valence-electron chi connectivity index (χ4n) is 1.95. The van der Waals surface area contributed by atoms with Crippen molar-refractivity contribution in [3.63, 3.8) is 0 Å². The molecule has 18 heavy (non-hydrogen) atoms. The Bertz CT molecular complexity index is 579. The Morgan fingerprint density at radius 1 is 1.22 bits per heavy atom. The Morgan fingerprint density at radius 2 is 1.83 bits per heavy atom. The number of thiol groups is 1. The summed E-state index contributed by atoms with van der Waals surface area (Å²) in [6, 6.07) is -2.14. The lowest BCUT2D eigenvalue weighted by molar-refractivity contribution is -0.0194. The minimum absolute atomic E-state index is 0.157. The topological polar surface area (TPSA) is 46.2 Å². The van der Waals surface area contributed by atoms with Crippen LogP contribution in [0.3, 0.4) is 0 Å². The maximum Gasteiger partial charge on any atom is 0.272 e. The molecular weight excluding hydrogens is 281 g/mol. The zero-order chi connectivity index (χ0) is 13.7. The predicted molar refractivity (Wildman–Crippen MR) is 51.2 cm³/mol. The first kappa shape index (κ1) is 13.2. The predicted octanol–water partition coefficient (Wildman–Crippen LogP) is 1.45. The van der Waals surface area contributed by atoms with Crippen LogP contribution >= 0.6 is 0 Å². The van der Waals surface area contributed by atoms with Gasteiger partial charge in [-0.25, -0.2) is 35.1 Å². The van der Waals surface area contributed by atoms with E-state index in [1.807, 2.05) is 0 Å². The Labute approximate surface area is 99.7 Å². The standard InChI is InChI=1S/C9H6F5NO2S/c10-4-1-5(11)7(12)6-3(4)2-9(13,14)8(6)15-18(16)17/h1,8,18H,2H2,(H,15,16,17). The van der Waals surface area contributed by atoms with Crippen LogP contribution in [0.1, 0.15) is 17.2 Å². The first-order chi connectivity index (χ1) is 8.24. The number of hydrogen-bond acceptors (Lipinski definition) is 2. The molecule has 1 aliphatic carbocycles. The molecule has 2 rings (SSSR count). The largest absolute Gasteiger partial charge is 0.272 e. The molecule has 0 saturated carbocycles. The molecule has 0 heterocycles. The fourth-order valence-corrected chi connectivity index (χ4v) is 2.47. The minimum atomic E-state index is -3.72. The molecular formula is C9H6F5NO2S. The average molecular weight is 287 g/mol. The molecule has 1 aromatic rings. The van der Waals surface area contributed by atoms with Crippen LogP contribution in [0.25, 0.3) is 0 Å². The van der Waals surface area contributed by atoms with Gasteiger partial charge in [-0.1, -0.05) is 0 Å². The van der Waals surface area contributed by atoms with Crippen LogP contribution < -0.4 is 4.72 Å². The van der Waals surface area contributed by atoms with Crippen molar-refractivity contribution in [1.29, 1.82) is 0 Å². The summed E-state index contributed by atoms with van der Waals surface area (Å²) in [6.07, 6.45) is -1.19. The monoisotopic (exact) mass is 287 g/mol. The van der Waals surface area contributed by atoms with Crippen LogP contribution in [-0.2, 0) is 17.3 Å². The molecule has 0 bridgehead atoms. The van der Waals surface area contributed by atoms with Crippen molar-refractivity contribution in [1.82, 2.24) is 4.72 Å². The molecule has 1 unspecified atom stereocenters. The Balaban J connectivity index is 2.65. The lowest BCUT2D eigenvalue weighted by Crippen LogP contribution is -2.33. The van der Waals surface area contributed by atoms with Gasteiger partial charge in [0, 0.05) is 23.6 Å². The number of fused-ring (bicyclic) bond motifs is 1. The summed E-state index contributed by atoms with van der Waals surface area (Å²) in [5.74, 6) is -8.35. The summed E-state index contributed by atoms with van der Waals surface area (Å²) in [4.78, 5) is 0. The van der Waals surface area contributed by atoms with Crippen molar-refractivity contribution < 1.29 is 30.4 Å². The van der Waals surface area contributed by atoms with Crippen LogP contribution in [0.5, 0.6) is 0 Å². The number of benzene rings is 1. The minimum Gasteiger partial charge on any atom is -0.215 e. The maximum atomic E-state index is 13.5. The van der Waals surface area contributed by atoms with Crippen LogP contribution in [0.15, 0.2) is 6.07 Å². The number of alkyl halides is 2. The van der Waals surface area contributed by atoms with Gasteiger partial charge in [0.15, 0.2) is 11.6 Å². The third-order valence-electron chi connectivity index (χ3n) is 2.67. The normalized spacial score (nSPS) is 21.3. The summed E-state index contributed by atoms with van der Waals surface area (Å²) >= 11 is 0. The second-order valence-electron chi connectivity index (χ2n) is 3.80. The Kier molecular flexibility index (Phi) is 3.06. The molecule has 100 valence electrons. The van der Waals surface area contributed by atoms with E-state index in [-0.39, 0.29) is 6.07 Å². The van der Waals surface area contributed by atoms with Gasteiger partial charge in [0.05, 0.1) is 0 Å². The molecule has 3 nitrogen and oxygen atoms in total. The van der Waals surface area contributed by atoms with Gasteiger partial charge in [-0.3, -0.25) is 0 Å². The first-order valence-electron chi connectivity index (χ1n) is 4.68. The molecule has 0 aliphatic heterocycles. The summed E-state index contributed by atoms with van der Waals surface area (Å²) in [7, 11) is -3.47. The fraction of sp³-hybridized carbons (Fsp3) is 0.333. The van der Waals surface area contributed by atoms with Gasteiger partial charge in [0.25, 0.3) is 5.92 Å². The van der Waals surface area contributed by atoms with E-state index in [2.05, 4.69) is 0 Å². The second kappa shape index (κ2) is 4.16. The van der Waals surface area contributed by atoms with E-state index in [0.29, 0.717) is 0 Å². The molecule has 1 aliphatic rings. The van der Waals surface area contributed by atoms with Gasteiger partial charge >= 0.3 is 0 Å². The lowest BCUT2D eigenvalue weighted by atomic mass is 10.1. The molecule has 1 N–H and O–H groups in total. The van der Waals surface area contributed by atoms with Crippen molar-refractivity contribution in [2.75, 3.05) is 0 Å². The molecule has 0 saturated heterocycles. The zero-order valence-electron chi connectivity index (χ0n) is 8.52. The van der Waals surface area contributed by atoms with Crippen LogP contribution in [0.2, 0.25) is 0 Å². The van der Waals surface area contributed by atoms with E-state index in [1.54, 1.807) is 0 Å². The molecule has 0 spiro atoms. The third kappa shape index (κ3) is 1.97. The molecule has 0 aromatic heterocycles. The first-order valence-corrected chi connectivity index (χ1v) is 5.86. The van der Waals surface area contributed by atoms with Crippen LogP contribution in [0, 0.1) is 17.5 Å². The van der Waals surface area contributed by atoms with E-state index in [9.17, 15) is 30.4 Å². The lowest BCUT2D eigenvalue weighted by Gasteiger charge is -2.18. The van der Waals surface area contributed by atoms with E-state index in [0.717, 1.165) is 0 Å². The highest BCUT2D eigenvalue weighted by molar-refractivity contribution is 7.70. The van der Waals surface area contributed by atoms with E-state index in [1.165, 1.54) is 4.72 Å². The van der Waals surface area contributed by atoms with Gasteiger partial charge in [-0.15, -0.1) is 0 Å². The molecule has 0 amide bonds. The van der Waals surface area contributed by atoms with Crippen LogP contribution in [-0.4, -0.2) is 14.3 Å². The van der Waals surface area contributed by atoms with Gasteiger partial charge in [-0.05, 0) is 0 Å². The Hall–Kier alpha value is -1.22. The van der Waals surface area contributed by atoms with Crippen LogP contribution in [0.4, 0.5) is 22.0 Å². The molecule has 1 aromatic carbocycles. The van der Waals surface area contributed by atoms with E-state index < -0.39 is 57.9 Å². The maximum absolute atomic E-state index is 13.5. The van der Waals surface area contributed by atoms with Crippen molar-refractivity contribution in [2.24, 2.45) is 0 Å². The molecule has 0 fully saturated rings. The zero-order valence-corrected chi connectivity index (χ0v) is 9.41. The number of rotatable bonds is 2. The third-order valence-corrected chi connectivity index (χ3v) is 3.14. The molecule has 0 radical (unpaired) electrons. The highest BCUT2D eigenvalue weighted by atomic mass is 32.2. The summed E-state index contributed by atoms with van der Waals surface area (Å²) < 4.78 is 88.8. The van der Waals surface area contributed by atoms with Gasteiger partial charge < -0.3 is 0 Å². The average Bonchev–Trinajstić information content (AvgIpc) is 2.48. The van der Waals surface area contributed by atoms with Gasteiger partial charge in [0.2, 0.25) is 10.9 Å². The summed E-state index contributed by atoms with van der Waals surface area (Å²) in [5, 5.41) is 0. The van der Waals surface area contributed by atoms with Gasteiger partial charge in [-0.2, -0.15) is 0 Å². The van der Waals surface area contributed by atoms with E-state index in [4.69, 9.17) is 0 Å². The Morgan fingerprint density at radius 3 is 2.39 bits per heavy atom. The van der Waals surface area contributed by atoms with E-state index >= 15 is 0 Å². The van der Waals surface area contributed by atoms with Crippen molar-refractivity contribution in [2.45, 2.75) is 18.4 Å². The smallest absolute Gasteiger partial charge is 0.215 e.